The fourth-order valence-corrected chi connectivity index (χ4v) is 3.72. The zero-order valence-corrected chi connectivity index (χ0v) is 15.0. The van der Waals surface area contributed by atoms with Crippen LogP contribution >= 0.6 is 22.9 Å². The van der Waals surface area contributed by atoms with Crippen molar-refractivity contribution in [2.75, 3.05) is 5.32 Å². The van der Waals surface area contributed by atoms with E-state index in [2.05, 4.69) is 10.3 Å². The highest BCUT2D eigenvalue weighted by Crippen LogP contribution is 2.25. The molecule has 0 aliphatic heterocycles. The standard InChI is InChI=1S/C18H11ClFN3O2S/c1-9-3-2-6-23-15(9)22-17-11(18(23)25)8-14(26-17)16(24)21-13-5-4-10(19)7-12(13)20/h2-8H,1H3,(H,21,24). The topological polar surface area (TPSA) is 63.5 Å². The molecule has 5 nitrogen and oxygen atoms in total. The third kappa shape index (κ3) is 2.75. The van der Waals surface area contributed by atoms with Gasteiger partial charge in [-0.3, -0.25) is 14.0 Å². The van der Waals surface area contributed by atoms with Crippen molar-refractivity contribution in [3.8, 4) is 0 Å². The minimum Gasteiger partial charge on any atom is -0.319 e. The van der Waals surface area contributed by atoms with Crippen molar-refractivity contribution in [2.24, 2.45) is 0 Å². The van der Waals surface area contributed by atoms with Crippen LogP contribution in [0.5, 0.6) is 0 Å². The van der Waals surface area contributed by atoms with E-state index in [0.717, 1.165) is 23.0 Å². The second kappa shape index (κ2) is 6.19. The average molecular weight is 388 g/mol. The highest BCUT2D eigenvalue weighted by molar-refractivity contribution is 7.20. The van der Waals surface area contributed by atoms with E-state index in [-0.39, 0.29) is 21.1 Å². The fraction of sp³-hybridized carbons (Fsp3) is 0.0556. The Morgan fingerprint density at radius 3 is 2.88 bits per heavy atom. The van der Waals surface area contributed by atoms with E-state index in [1.807, 2.05) is 13.0 Å². The van der Waals surface area contributed by atoms with E-state index < -0.39 is 11.7 Å². The molecule has 8 heteroatoms. The smallest absolute Gasteiger partial charge is 0.266 e. The van der Waals surface area contributed by atoms with Gasteiger partial charge in [0.2, 0.25) is 0 Å². The third-order valence-corrected chi connectivity index (χ3v) is 5.20. The quantitative estimate of drug-likeness (QED) is 0.559. The highest BCUT2D eigenvalue weighted by atomic mass is 35.5. The monoisotopic (exact) mass is 387 g/mol. The van der Waals surface area contributed by atoms with Crippen LogP contribution in [0.4, 0.5) is 10.1 Å². The lowest BCUT2D eigenvalue weighted by molar-refractivity contribution is 0.103. The summed E-state index contributed by atoms with van der Waals surface area (Å²) in [7, 11) is 0. The number of anilines is 1. The first-order valence-electron chi connectivity index (χ1n) is 7.62. The van der Waals surface area contributed by atoms with Crippen molar-refractivity contribution in [3.05, 3.63) is 74.2 Å². The molecule has 130 valence electrons. The van der Waals surface area contributed by atoms with Gasteiger partial charge in [0, 0.05) is 11.2 Å². The number of benzene rings is 1. The Labute approximate surface area is 155 Å². The van der Waals surface area contributed by atoms with Crippen molar-refractivity contribution >= 4 is 50.4 Å². The summed E-state index contributed by atoms with van der Waals surface area (Å²) in [5.74, 6) is -1.15. The van der Waals surface area contributed by atoms with Crippen molar-refractivity contribution in [3.63, 3.8) is 0 Å². The molecule has 0 bridgehead atoms. The predicted octanol–water partition coefficient (Wildman–Crippen LogP) is 4.26. The summed E-state index contributed by atoms with van der Waals surface area (Å²) >= 11 is 6.80. The van der Waals surface area contributed by atoms with Gasteiger partial charge in [-0.05, 0) is 42.8 Å². The van der Waals surface area contributed by atoms with E-state index in [0.29, 0.717) is 15.9 Å². The maximum atomic E-state index is 13.9. The lowest BCUT2D eigenvalue weighted by Gasteiger charge is -2.04. The van der Waals surface area contributed by atoms with Crippen LogP contribution in [0.15, 0.2) is 47.4 Å². The molecule has 0 unspecified atom stereocenters. The Hall–Kier alpha value is -2.77. The van der Waals surface area contributed by atoms with Gasteiger partial charge in [0.05, 0.1) is 16.0 Å². The van der Waals surface area contributed by atoms with Crippen molar-refractivity contribution < 1.29 is 9.18 Å². The van der Waals surface area contributed by atoms with Gasteiger partial charge in [-0.2, -0.15) is 0 Å². The van der Waals surface area contributed by atoms with E-state index in [9.17, 15) is 14.0 Å². The molecule has 3 aromatic heterocycles. The van der Waals surface area contributed by atoms with Crippen LogP contribution < -0.4 is 10.9 Å². The Morgan fingerprint density at radius 1 is 1.31 bits per heavy atom. The Kier molecular flexibility index (Phi) is 3.97. The number of nitrogens with zero attached hydrogens (tertiary/aromatic N) is 2. The van der Waals surface area contributed by atoms with Gasteiger partial charge in [-0.15, -0.1) is 11.3 Å². The lowest BCUT2D eigenvalue weighted by atomic mass is 10.2. The zero-order chi connectivity index (χ0) is 18.4. The summed E-state index contributed by atoms with van der Waals surface area (Å²) in [5.41, 5.74) is 1.17. The maximum Gasteiger partial charge on any atom is 0.266 e. The van der Waals surface area contributed by atoms with Gasteiger partial charge in [-0.25, -0.2) is 9.37 Å². The van der Waals surface area contributed by atoms with Gasteiger partial charge < -0.3 is 5.32 Å². The van der Waals surface area contributed by atoms with Gasteiger partial charge in [0.25, 0.3) is 11.5 Å². The molecule has 1 amide bonds. The molecule has 4 aromatic rings. The lowest BCUT2D eigenvalue weighted by Crippen LogP contribution is -2.14. The molecule has 1 N–H and O–H groups in total. The number of aromatic nitrogens is 2. The molecule has 3 heterocycles. The number of hydrogen-bond donors (Lipinski definition) is 1. The third-order valence-electron chi connectivity index (χ3n) is 3.93. The largest absolute Gasteiger partial charge is 0.319 e. The molecule has 26 heavy (non-hydrogen) atoms. The molecule has 0 aliphatic carbocycles. The van der Waals surface area contributed by atoms with Crippen LogP contribution in [0.2, 0.25) is 5.02 Å². The molecule has 0 saturated heterocycles. The number of fused-ring (bicyclic) bond motifs is 2. The van der Waals surface area contributed by atoms with Crippen molar-refractivity contribution in [1.29, 1.82) is 0 Å². The normalized spacial score (nSPS) is 11.2. The van der Waals surface area contributed by atoms with Crippen LogP contribution in [0.3, 0.4) is 0 Å². The number of halogens is 2. The van der Waals surface area contributed by atoms with E-state index in [1.54, 1.807) is 12.3 Å². The molecule has 0 spiro atoms. The Balaban J connectivity index is 1.78. The Morgan fingerprint density at radius 2 is 2.12 bits per heavy atom. The fourth-order valence-electron chi connectivity index (χ4n) is 2.64. The molecular weight excluding hydrogens is 377 g/mol. The molecule has 0 radical (unpaired) electrons. The first-order valence-corrected chi connectivity index (χ1v) is 8.81. The number of aryl methyl sites for hydroxylation is 1. The number of thiophene rings is 1. The number of carbonyl (C=O) groups excluding carboxylic acids is 1. The molecule has 0 atom stereocenters. The molecule has 0 aliphatic rings. The summed E-state index contributed by atoms with van der Waals surface area (Å²) in [6, 6.07) is 9.08. The SMILES string of the molecule is Cc1cccn2c(=O)c3cc(C(=O)Nc4ccc(Cl)cc4F)sc3nc12. The van der Waals surface area contributed by atoms with Gasteiger partial charge in [-0.1, -0.05) is 17.7 Å². The number of nitrogens with one attached hydrogen (secondary N) is 1. The first kappa shape index (κ1) is 16.7. The summed E-state index contributed by atoms with van der Waals surface area (Å²) in [6.07, 6.45) is 1.64. The maximum absolute atomic E-state index is 13.9. The van der Waals surface area contributed by atoms with Crippen LogP contribution in [-0.4, -0.2) is 15.3 Å². The number of hydrogen-bond acceptors (Lipinski definition) is 4. The number of pyridine rings is 1. The molecule has 0 saturated carbocycles. The van der Waals surface area contributed by atoms with Gasteiger partial charge in [0.15, 0.2) is 0 Å². The van der Waals surface area contributed by atoms with E-state index >= 15 is 0 Å². The number of carbonyl (C=O) groups is 1. The second-order valence-corrected chi connectivity index (χ2v) is 7.18. The van der Waals surface area contributed by atoms with E-state index in [1.165, 1.54) is 22.6 Å². The van der Waals surface area contributed by atoms with Gasteiger partial charge in [0.1, 0.15) is 16.3 Å². The molecule has 4 rings (SSSR count). The predicted molar refractivity (Wildman–Crippen MR) is 101 cm³/mol. The molecular formula is C18H11ClFN3O2S. The van der Waals surface area contributed by atoms with Crippen LogP contribution in [0.1, 0.15) is 15.2 Å². The van der Waals surface area contributed by atoms with Crippen LogP contribution in [0.25, 0.3) is 15.9 Å². The Bertz CT molecular complexity index is 1250. The zero-order valence-electron chi connectivity index (χ0n) is 13.4. The van der Waals surface area contributed by atoms with Crippen molar-refractivity contribution in [2.45, 2.75) is 6.92 Å². The van der Waals surface area contributed by atoms with Crippen LogP contribution in [-0.2, 0) is 0 Å². The summed E-state index contributed by atoms with van der Waals surface area (Å²) in [4.78, 5) is 30.3. The van der Waals surface area contributed by atoms with E-state index in [4.69, 9.17) is 11.6 Å². The first-order chi connectivity index (χ1) is 12.4. The minimum atomic E-state index is -0.633. The van der Waals surface area contributed by atoms with Crippen LogP contribution in [0, 0.1) is 12.7 Å². The summed E-state index contributed by atoms with van der Waals surface area (Å²) in [6.45, 7) is 1.86. The second-order valence-electron chi connectivity index (χ2n) is 5.71. The number of rotatable bonds is 2. The summed E-state index contributed by atoms with van der Waals surface area (Å²) in [5, 5.41) is 3.07. The summed E-state index contributed by atoms with van der Waals surface area (Å²) < 4.78 is 15.3. The molecule has 0 fully saturated rings. The van der Waals surface area contributed by atoms with Crippen molar-refractivity contribution in [1.82, 2.24) is 9.38 Å². The number of amides is 1. The average Bonchev–Trinajstić information content (AvgIpc) is 3.03. The highest BCUT2D eigenvalue weighted by Gasteiger charge is 2.16. The van der Waals surface area contributed by atoms with Gasteiger partial charge >= 0.3 is 0 Å². The molecule has 1 aromatic carbocycles. The minimum absolute atomic E-state index is 0.0162.